The average molecular weight is 467 g/mol. The quantitative estimate of drug-likeness (QED) is 0.216. The van der Waals surface area contributed by atoms with Crippen molar-refractivity contribution in [3.05, 3.63) is 65.2 Å². The van der Waals surface area contributed by atoms with Crippen LogP contribution in [0.5, 0.6) is 0 Å². The number of hydrogen-bond donors (Lipinski definition) is 6. The minimum absolute atomic E-state index is 0. The number of rotatable bonds is 6. The van der Waals surface area contributed by atoms with Crippen molar-refractivity contribution in [3.63, 3.8) is 0 Å². The van der Waals surface area contributed by atoms with Gasteiger partial charge in [0.1, 0.15) is 6.04 Å². The van der Waals surface area contributed by atoms with E-state index in [1.54, 1.807) is 36.4 Å². The van der Waals surface area contributed by atoms with Crippen molar-refractivity contribution in [3.8, 4) is 11.8 Å². The second kappa shape index (κ2) is 12.5. The van der Waals surface area contributed by atoms with E-state index in [4.69, 9.17) is 5.21 Å². The fourth-order valence-electron chi connectivity index (χ4n) is 3.32. The summed E-state index contributed by atoms with van der Waals surface area (Å²) in [6.07, 6.45) is 0.654. The maximum atomic E-state index is 12.3. The summed E-state index contributed by atoms with van der Waals surface area (Å²) in [6.45, 7) is 2.19. The van der Waals surface area contributed by atoms with Crippen molar-refractivity contribution in [1.29, 1.82) is 0 Å². The lowest BCUT2D eigenvalue weighted by molar-refractivity contribution is -0.133. The van der Waals surface area contributed by atoms with Gasteiger partial charge in [-0.1, -0.05) is 19.3 Å². The molecule has 0 radical (unpaired) electrons. The summed E-state index contributed by atoms with van der Waals surface area (Å²) in [5.41, 5.74) is 3.84. The maximum Gasteiger partial charge on any atom is 0.268 e. The number of amides is 3. The van der Waals surface area contributed by atoms with Crippen molar-refractivity contribution >= 4 is 23.4 Å². The third-order valence-electron chi connectivity index (χ3n) is 5.19. The molecule has 3 rings (SSSR count). The normalized spacial score (nSPS) is 16.1. The van der Waals surface area contributed by atoms with Crippen molar-refractivity contribution in [1.82, 2.24) is 16.1 Å². The lowest BCUT2D eigenvalue weighted by atomic mass is 10.1. The number of anilines is 1. The maximum absolute atomic E-state index is 12.3. The molecule has 1 aliphatic heterocycles. The van der Waals surface area contributed by atoms with Crippen LogP contribution in [0.3, 0.4) is 0 Å². The monoisotopic (exact) mass is 466 g/mol. The Kier molecular flexibility index (Phi) is 9.76. The lowest BCUT2D eigenvalue weighted by Gasteiger charge is -2.19. The topological polar surface area (TPSA) is 140 Å². The molecule has 0 bridgehead atoms. The van der Waals surface area contributed by atoms with E-state index in [1.807, 2.05) is 12.1 Å². The molecule has 0 saturated carbocycles. The molecular weight excluding hydrogens is 436 g/mol. The molecule has 6 N–H and O–H groups in total. The van der Waals surface area contributed by atoms with Crippen LogP contribution in [0.15, 0.2) is 48.5 Å². The van der Waals surface area contributed by atoms with Gasteiger partial charge in [0.05, 0.1) is 12.1 Å². The van der Waals surface area contributed by atoms with E-state index in [9.17, 15) is 19.5 Å². The first-order valence-electron chi connectivity index (χ1n) is 10.6. The molecular formula is C25H30N4O5. The largest absolute Gasteiger partial charge is 0.391 e. The zero-order chi connectivity index (χ0) is 23.8. The van der Waals surface area contributed by atoms with Crippen LogP contribution in [0.2, 0.25) is 0 Å². The predicted molar refractivity (Wildman–Crippen MR) is 128 cm³/mol. The Hall–Kier alpha value is -3.71. The third-order valence-corrected chi connectivity index (χ3v) is 5.19. The molecule has 0 spiro atoms. The van der Waals surface area contributed by atoms with Gasteiger partial charge in [-0.3, -0.25) is 19.6 Å². The third kappa shape index (κ3) is 7.15. The Balaban J connectivity index is 0.00000408. The molecule has 0 unspecified atom stereocenters. The summed E-state index contributed by atoms with van der Waals surface area (Å²) in [6, 6.07) is 12.2. The SMILES string of the molecule is C.C[C@@H](O)[C@H](NC(=O)c1ccc(C#Cc2ccc(NC(=O)[C@@H]3CCCN3)cc2)cc1)C(=O)NO. The zero-order valence-corrected chi connectivity index (χ0v) is 18.1. The average Bonchev–Trinajstić information content (AvgIpc) is 3.37. The van der Waals surface area contributed by atoms with Gasteiger partial charge >= 0.3 is 0 Å². The number of hydroxylamine groups is 1. The van der Waals surface area contributed by atoms with Gasteiger partial charge in [-0.15, -0.1) is 0 Å². The van der Waals surface area contributed by atoms with Gasteiger partial charge < -0.3 is 21.1 Å². The molecule has 34 heavy (non-hydrogen) atoms. The van der Waals surface area contributed by atoms with Gasteiger partial charge in [0.15, 0.2) is 0 Å². The molecule has 1 saturated heterocycles. The van der Waals surface area contributed by atoms with Crippen LogP contribution in [0.25, 0.3) is 0 Å². The van der Waals surface area contributed by atoms with Crippen LogP contribution in [-0.4, -0.2) is 52.8 Å². The summed E-state index contributed by atoms with van der Waals surface area (Å²) < 4.78 is 0. The lowest BCUT2D eigenvalue weighted by Crippen LogP contribution is -2.51. The fourth-order valence-corrected chi connectivity index (χ4v) is 3.32. The van der Waals surface area contributed by atoms with Gasteiger partial charge in [0.2, 0.25) is 5.91 Å². The molecule has 0 aromatic heterocycles. The van der Waals surface area contributed by atoms with Crippen molar-refractivity contribution in [2.45, 2.75) is 45.4 Å². The second-order valence-corrected chi connectivity index (χ2v) is 7.71. The number of benzene rings is 2. The number of nitrogens with one attached hydrogen (secondary N) is 4. The van der Waals surface area contributed by atoms with Crippen LogP contribution in [0.4, 0.5) is 5.69 Å². The Labute approximate surface area is 198 Å². The van der Waals surface area contributed by atoms with Crippen molar-refractivity contribution in [2.75, 3.05) is 11.9 Å². The van der Waals surface area contributed by atoms with Gasteiger partial charge in [-0.05, 0) is 74.8 Å². The van der Waals surface area contributed by atoms with E-state index < -0.39 is 24.0 Å². The molecule has 0 aliphatic carbocycles. The molecule has 2 aromatic rings. The summed E-state index contributed by atoms with van der Waals surface area (Å²) in [5.74, 6) is 4.50. The summed E-state index contributed by atoms with van der Waals surface area (Å²) in [4.78, 5) is 36.0. The molecule has 3 amide bonds. The van der Waals surface area contributed by atoms with E-state index in [0.29, 0.717) is 11.3 Å². The number of hydrogen-bond acceptors (Lipinski definition) is 6. The van der Waals surface area contributed by atoms with Crippen LogP contribution in [0.1, 0.15) is 48.7 Å². The number of carbonyl (C=O) groups is 3. The molecule has 1 fully saturated rings. The molecule has 1 heterocycles. The van der Waals surface area contributed by atoms with E-state index >= 15 is 0 Å². The molecule has 180 valence electrons. The van der Waals surface area contributed by atoms with E-state index in [1.165, 1.54) is 12.4 Å². The second-order valence-electron chi connectivity index (χ2n) is 7.71. The van der Waals surface area contributed by atoms with Gasteiger partial charge in [-0.25, -0.2) is 5.48 Å². The van der Waals surface area contributed by atoms with Crippen LogP contribution in [-0.2, 0) is 9.59 Å². The van der Waals surface area contributed by atoms with Crippen molar-refractivity contribution < 1.29 is 24.7 Å². The minimum atomic E-state index is -1.29. The first-order valence-corrected chi connectivity index (χ1v) is 10.6. The Bertz CT molecular complexity index is 1050. The molecule has 9 nitrogen and oxygen atoms in total. The highest BCUT2D eigenvalue weighted by atomic mass is 16.5. The highest BCUT2D eigenvalue weighted by molar-refractivity contribution is 5.97. The predicted octanol–water partition coefficient (Wildman–Crippen LogP) is 1.40. The van der Waals surface area contributed by atoms with Gasteiger partial charge in [0, 0.05) is 22.4 Å². The number of aliphatic hydroxyl groups excluding tert-OH is 1. The van der Waals surface area contributed by atoms with Crippen LogP contribution < -0.4 is 21.4 Å². The Morgan fingerprint density at radius 1 is 1.03 bits per heavy atom. The number of carbonyl (C=O) groups excluding carboxylic acids is 3. The highest BCUT2D eigenvalue weighted by Gasteiger charge is 2.25. The van der Waals surface area contributed by atoms with Gasteiger partial charge in [0.25, 0.3) is 11.8 Å². The van der Waals surface area contributed by atoms with Crippen molar-refractivity contribution in [2.24, 2.45) is 0 Å². The molecule has 1 aliphatic rings. The van der Waals surface area contributed by atoms with Gasteiger partial charge in [-0.2, -0.15) is 0 Å². The summed E-state index contributed by atoms with van der Waals surface area (Å²) in [5, 5.41) is 26.8. The minimum Gasteiger partial charge on any atom is -0.391 e. The fraction of sp³-hybridized carbons (Fsp3) is 0.320. The highest BCUT2D eigenvalue weighted by Crippen LogP contribution is 2.12. The molecule has 3 atom stereocenters. The van der Waals surface area contributed by atoms with Crippen LogP contribution >= 0.6 is 0 Å². The summed E-state index contributed by atoms with van der Waals surface area (Å²) in [7, 11) is 0. The Morgan fingerprint density at radius 2 is 1.62 bits per heavy atom. The van der Waals surface area contributed by atoms with E-state index in [0.717, 1.165) is 24.9 Å². The number of aliphatic hydroxyl groups is 1. The standard InChI is InChI=1S/C24H26N4O5.CH4/c1-15(29)21(24(32)28-33)27-22(30)18-10-6-16(7-11-18)4-5-17-8-12-19(13-9-17)26-23(31)20-3-2-14-25-20;/h6-13,15,20-21,25,29,33H,2-3,14H2,1H3,(H,26,31)(H,27,30)(H,28,32);1H4/t15-,20+,21+;/m1./s1. The summed E-state index contributed by atoms with van der Waals surface area (Å²) >= 11 is 0. The molecule has 2 aromatic carbocycles. The van der Waals surface area contributed by atoms with E-state index in [-0.39, 0.29) is 24.9 Å². The first kappa shape index (κ1) is 26.5. The van der Waals surface area contributed by atoms with E-state index in [2.05, 4.69) is 27.8 Å². The smallest absolute Gasteiger partial charge is 0.268 e. The van der Waals surface area contributed by atoms with Crippen LogP contribution in [0, 0.1) is 11.8 Å². The molecule has 9 heteroatoms. The first-order chi connectivity index (χ1) is 15.9. The zero-order valence-electron chi connectivity index (χ0n) is 18.1. The Morgan fingerprint density at radius 3 is 2.12 bits per heavy atom.